The summed E-state index contributed by atoms with van der Waals surface area (Å²) in [6, 6.07) is 18.3. The third-order valence-corrected chi connectivity index (χ3v) is 5.83. The molecule has 2 aromatic carbocycles. The number of carbonyl (C=O) groups excluding carboxylic acids is 1. The molecule has 2 fully saturated rings. The maximum atomic E-state index is 12.9. The van der Waals surface area contributed by atoms with Crippen LogP contribution in [0.25, 0.3) is 0 Å². The minimum Gasteiger partial charge on any atom is -0.338 e. The van der Waals surface area contributed by atoms with E-state index in [4.69, 9.17) is 5.73 Å². The molecule has 1 aliphatic carbocycles. The van der Waals surface area contributed by atoms with E-state index in [0.29, 0.717) is 11.8 Å². The zero-order chi connectivity index (χ0) is 18.1. The molecule has 1 aliphatic heterocycles. The van der Waals surface area contributed by atoms with Crippen LogP contribution in [-0.2, 0) is 4.79 Å². The SMILES string of the molecule is CN1CCN(C(=O)C(N)c2ccccc2[C@H]2C[C@H]2c2ccccc2)CC1. The number of piperazine rings is 1. The highest BCUT2D eigenvalue weighted by atomic mass is 16.2. The van der Waals surface area contributed by atoms with Gasteiger partial charge < -0.3 is 15.5 Å². The van der Waals surface area contributed by atoms with E-state index in [2.05, 4.69) is 54.4 Å². The summed E-state index contributed by atoms with van der Waals surface area (Å²) in [5.41, 5.74) is 10.1. The molecule has 4 nitrogen and oxygen atoms in total. The van der Waals surface area contributed by atoms with Crippen LogP contribution in [0.5, 0.6) is 0 Å². The second kappa shape index (κ2) is 7.22. The zero-order valence-electron chi connectivity index (χ0n) is 15.3. The van der Waals surface area contributed by atoms with Gasteiger partial charge >= 0.3 is 0 Å². The van der Waals surface area contributed by atoms with Crippen LogP contribution in [-0.4, -0.2) is 48.9 Å². The first-order valence-electron chi connectivity index (χ1n) is 9.52. The fraction of sp³-hybridized carbons (Fsp3) is 0.409. The number of carbonyl (C=O) groups is 1. The first-order valence-corrected chi connectivity index (χ1v) is 9.52. The van der Waals surface area contributed by atoms with Crippen molar-refractivity contribution in [3.63, 3.8) is 0 Å². The third-order valence-electron chi connectivity index (χ3n) is 5.83. The van der Waals surface area contributed by atoms with Crippen molar-refractivity contribution >= 4 is 5.91 Å². The highest BCUT2D eigenvalue weighted by molar-refractivity contribution is 5.83. The number of amides is 1. The van der Waals surface area contributed by atoms with Gasteiger partial charge in [0.1, 0.15) is 6.04 Å². The van der Waals surface area contributed by atoms with E-state index in [1.165, 1.54) is 11.1 Å². The summed E-state index contributed by atoms with van der Waals surface area (Å²) in [4.78, 5) is 17.1. The molecule has 3 atom stereocenters. The molecule has 1 heterocycles. The molecule has 4 rings (SSSR count). The minimum atomic E-state index is -0.563. The standard InChI is InChI=1S/C22H27N3O/c1-24-11-13-25(14-12-24)22(26)21(23)18-10-6-5-9-17(18)20-15-19(20)16-7-3-2-4-8-16/h2-10,19-21H,11-15,23H2,1H3/t19-,20+,21?/m0/s1. The van der Waals surface area contributed by atoms with Crippen LogP contribution >= 0.6 is 0 Å². The Hall–Kier alpha value is -2.17. The lowest BCUT2D eigenvalue weighted by atomic mass is 9.94. The second-order valence-electron chi connectivity index (χ2n) is 7.59. The summed E-state index contributed by atoms with van der Waals surface area (Å²) in [5.74, 6) is 1.07. The smallest absolute Gasteiger partial charge is 0.244 e. The van der Waals surface area contributed by atoms with Crippen LogP contribution in [0.4, 0.5) is 0 Å². The van der Waals surface area contributed by atoms with Crippen molar-refractivity contribution < 1.29 is 4.79 Å². The summed E-state index contributed by atoms with van der Waals surface area (Å²) in [6.07, 6.45) is 1.14. The highest BCUT2D eigenvalue weighted by Gasteiger charge is 2.41. The number of benzene rings is 2. The van der Waals surface area contributed by atoms with Gasteiger partial charge in [-0.15, -0.1) is 0 Å². The van der Waals surface area contributed by atoms with Crippen LogP contribution in [0.15, 0.2) is 54.6 Å². The van der Waals surface area contributed by atoms with Gasteiger partial charge in [-0.3, -0.25) is 4.79 Å². The Kier molecular flexibility index (Phi) is 4.79. The van der Waals surface area contributed by atoms with Crippen molar-refractivity contribution in [2.24, 2.45) is 5.73 Å². The van der Waals surface area contributed by atoms with Crippen LogP contribution in [0, 0.1) is 0 Å². The average Bonchev–Trinajstić information content (AvgIpc) is 3.49. The number of nitrogens with zero attached hydrogens (tertiary/aromatic N) is 2. The van der Waals surface area contributed by atoms with Crippen LogP contribution < -0.4 is 5.73 Å². The molecular weight excluding hydrogens is 322 g/mol. The van der Waals surface area contributed by atoms with E-state index >= 15 is 0 Å². The number of hydrogen-bond acceptors (Lipinski definition) is 3. The molecule has 2 N–H and O–H groups in total. The van der Waals surface area contributed by atoms with Crippen LogP contribution in [0.2, 0.25) is 0 Å². The van der Waals surface area contributed by atoms with Gasteiger partial charge in [0.05, 0.1) is 0 Å². The van der Waals surface area contributed by atoms with E-state index in [9.17, 15) is 4.79 Å². The minimum absolute atomic E-state index is 0.0578. The lowest BCUT2D eigenvalue weighted by Gasteiger charge is -2.34. The van der Waals surface area contributed by atoms with Crippen molar-refractivity contribution in [2.45, 2.75) is 24.3 Å². The third kappa shape index (κ3) is 3.39. The number of nitrogens with two attached hydrogens (primary N) is 1. The van der Waals surface area contributed by atoms with Gasteiger partial charge in [-0.1, -0.05) is 54.6 Å². The molecule has 2 aliphatic rings. The zero-order valence-corrected chi connectivity index (χ0v) is 15.3. The van der Waals surface area contributed by atoms with Crippen molar-refractivity contribution in [1.29, 1.82) is 0 Å². The normalized spacial score (nSPS) is 24.3. The molecule has 1 amide bonds. The monoisotopic (exact) mass is 349 g/mol. The van der Waals surface area contributed by atoms with Gasteiger partial charge in [-0.2, -0.15) is 0 Å². The molecule has 1 unspecified atom stereocenters. The molecule has 2 aromatic rings. The topological polar surface area (TPSA) is 49.6 Å². The Labute approximate surface area is 155 Å². The summed E-state index contributed by atoms with van der Waals surface area (Å²) in [7, 11) is 2.09. The molecule has 136 valence electrons. The van der Waals surface area contributed by atoms with Crippen LogP contribution in [0.1, 0.15) is 41.0 Å². The second-order valence-corrected chi connectivity index (χ2v) is 7.59. The number of rotatable bonds is 4. The quantitative estimate of drug-likeness (QED) is 0.923. The van der Waals surface area contributed by atoms with Crippen molar-refractivity contribution in [3.05, 3.63) is 71.3 Å². The molecule has 1 saturated carbocycles. The predicted octanol–water partition coefficient (Wildman–Crippen LogP) is 2.73. The van der Waals surface area contributed by atoms with Crippen LogP contribution in [0.3, 0.4) is 0 Å². The molecular formula is C22H27N3O. The van der Waals surface area contributed by atoms with Crippen molar-refractivity contribution in [1.82, 2.24) is 9.80 Å². The van der Waals surface area contributed by atoms with Gasteiger partial charge in [0.25, 0.3) is 0 Å². The van der Waals surface area contributed by atoms with Crippen molar-refractivity contribution in [3.8, 4) is 0 Å². The number of hydrogen-bond donors (Lipinski definition) is 1. The fourth-order valence-corrected chi connectivity index (χ4v) is 4.10. The summed E-state index contributed by atoms with van der Waals surface area (Å²) in [5, 5.41) is 0. The van der Waals surface area contributed by atoms with Gasteiger partial charge in [-0.25, -0.2) is 0 Å². The Morgan fingerprint density at radius 1 is 0.962 bits per heavy atom. The molecule has 4 heteroatoms. The fourth-order valence-electron chi connectivity index (χ4n) is 4.10. The number of likely N-dealkylation sites (N-methyl/N-ethyl adjacent to an activating group) is 1. The van der Waals surface area contributed by atoms with E-state index in [1.54, 1.807) is 0 Å². The summed E-state index contributed by atoms with van der Waals surface area (Å²) < 4.78 is 0. The highest BCUT2D eigenvalue weighted by Crippen LogP contribution is 2.55. The predicted molar refractivity (Wildman–Crippen MR) is 104 cm³/mol. The Bertz CT molecular complexity index is 768. The molecule has 0 radical (unpaired) electrons. The molecule has 0 aromatic heterocycles. The molecule has 1 saturated heterocycles. The lowest BCUT2D eigenvalue weighted by Crippen LogP contribution is -2.49. The lowest BCUT2D eigenvalue weighted by molar-refractivity contribution is -0.134. The van der Waals surface area contributed by atoms with Crippen molar-refractivity contribution in [2.75, 3.05) is 33.2 Å². The first kappa shape index (κ1) is 17.3. The van der Waals surface area contributed by atoms with E-state index < -0.39 is 6.04 Å². The maximum Gasteiger partial charge on any atom is 0.244 e. The van der Waals surface area contributed by atoms with E-state index in [0.717, 1.165) is 38.2 Å². The Morgan fingerprint density at radius 2 is 1.62 bits per heavy atom. The first-order chi connectivity index (χ1) is 12.6. The van der Waals surface area contributed by atoms with E-state index in [-0.39, 0.29) is 5.91 Å². The summed E-state index contributed by atoms with van der Waals surface area (Å²) >= 11 is 0. The largest absolute Gasteiger partial charge is 0.338 e. The Balaban J connectivity index is 1.52. The van der Waals surface area contributed by atoms with Gasteiger partial charge in [0.15, 0.2) is 0 Å². The molecule has 26 heavy (non-hydrogen) atoms. The average molecular weight is 349 g/mol. The Morgan fingerprint density at radius 3 is 2.35 bits per heavy atom. The van der Waals surface area contributed by atoms with Gasteiger partial charge in [0, 0.05) is 26.2 Å². The van der Waals surface area contributed by atoms with Gasteiger partial charge in [-0.05, 0) is 42.0 Å². The maximum absolute atomic E-state index is 12.9. The van der Waals surface area contributed by atoms with Gasteiger partial charge in [0.2, 0.25) is 5.91 Å². The molecule has 0 bridgehead atoms. The molecule has 0 spiro atoms. The van der Waals surface area contributed by atoms with E-state index in [1.807, 2.05) is 17.0 Å². The summed E-state index contributed by atoms with van der Waals surface area (Å²) in [6.45, 7) is 3.36.